The van der Waals surface area contributed by atoms with Crippen LogP contribution in [0.3, 0.4) is 0 Å². The predicted molar refractivity (Wildman–Crippen MR) is 78.6 cm³/mol. The molecule has 21 heavy (non-hydrogen) atoms. The highest BCUT2D eigenvalue weighted by Crippen LogP contribution is 2.23. The summed E-state index contributed by atoms with van der Waals surface area (Å²) in [5, 5.41) is 1.58. The lowest BCUT2D eigenvalue weighted by atomic mass is 10.2. The van der Waals surface area contributed by atoms with E-state index in [0.717, 1.165) is 12.1 Å². The molecule has 118 valence electrons. The molecule has 5 nitrogen and oxygen atoms in total. The number of amides is 1. The van der Waals surface area contributed by atoms with Gasteiger partial charge in [0, 0.05) is 0 Å². The van der Waals surface area contributed by atoms with Gasteiger partial charge in [0.15, 0.2) is 9.84 Å². The molecule has 0 radical (unpaired) electrons. The van der Waals surface area contributed by atoms with E-state index in [-0.39, 0.29) is 10.6 Å². The Hall–Kier alpha value is -1.63. The van der Waals surface area contributed by atoms with Gasteiger partial charge in [0.25, 0.3) is 0 Å². The van der Waals surface area contributed by atoms with Crippen LogP contribution < -0.4 is 5.32 Å². The van der Waals surface area contributed by atoms with Crippen LogP contribution in [0.2, 0.25) is 0 Å². The summed E-state index contributed by atoms with van der Waals surface area (Å²) in [5.41, 5.74) is -0.965. The van der Waals surface area contributed by atoms with Crippen molar-refractivity contribution >= 4 is 21.6 Å². The summed E-state index contributed by atoms with van der Waals surface area (Å²) in [6.45, 7) is 8.06. The molecule has 1 N–H and O–H groups in total. The summed E-state index contributed by atoms with van der Waals surface area (Å²) in [6, 6.07) is 3.27. The Labute approximate surface area is 124 Å². The molecule has 1 aromatic carbocycles. The van der Waals surface area contributed by atoms with Gasteiger partial charge in [-0.15, -0.1) is 0 Å². The third-order valence-corrected chi connectivity index (χ3v) is 4.67. The first kappa shape index (κ1) is 17.4. The van der Waals surface area contributed by atoms with Gasteiger partial charge in [-0.3, -0.25) is 5.32 Å². The van der Waals surface area contributed by atoms with E-state index in [4.69, 9.17) is 4.74 Å². The van der Waals surface area contributed by atoms with Crippen LogP contribution >= 0.6 is 0 Å². The number of rotatable bonds is 3. The number of halogens is 1. The van der Waals surface area contributed by atoms with E-state index in [0.29, 0.717) is 0 Å². The van der Waals surface area contributed by atoms with Gasteiger partial charge < -0.3 is 4.74 Å². The van der Waals surface area contributed by atoms with Crippen molar-refractivity contribution in [2.75, 3.05) is 5.32 Å². The van der Waals surface area contributed by atoms with Gasteiger partial charge in [0.1, 0.15) is 11.4 Å². The summed E-state index contributed by atoms with van der Waals surface area (Å²) in [5.74, 6) is -0.733. The monoisotopic (exact) mass is 317 g/mol. The highest BCUT2D eigenvalue weighted by atomic mass is 32.2. The van der Waals surface area contributed by atoms with Crippen molar-refractivity contribution in [2.24, 2.45) is 0 Å². The number of sulfone groups is 1. The molecule has 0 aliphatic heterocycles. The average Bonchev–Trinajstić information content (AvgIpc) is 2.29. The molecule has 0 unspecified atom stereocenters. The summed E-state index contributed by atoms with van der Waals surface area (Å²) in [4.78, 5) is 11.6. The van der Waals surface area contributed by atoms with Crippen molar-refractivity contribution in [1.82, 2.24) is 0 Å². The van der Waals surface area contributed by atoms with Crippen molar-refractivity contribution in [3.05, 3.63) is 24.0 Å². The Kier molecular flexibility index (Phi) is 4.99. The molecule has 0 saturated carbocycles. The van der Waals surface area contributed by atoms with Gasteiger partial charge in [-0.05, 0) is 52.8 Å². The van der Waals surface area contributed by atoms with E-state index in [2.05, 4.69) is 5.32 Å². The van der Waals surface area contributed by atoms with Crippen LogP contribution in [0.25, 0.3) is 0 Å². The number of hydrogen-bond acceptors (Lipinski definition) is 4. The van der Waals surface area contributed by atoms with Crippen molar-refractivity contribution in [3.8, 4) is 0 Å². The molecule has 0 atom stereocenters. The molecule has 1 aromatic rings. The number of ether oxygens (including phenoxy) is 1. The van der Waals surface area contributed by atoms with Gasteiger partial charge >= 0.3 is 6.09 Å². The minimum absolute atomic E-state index is 0.0510. The van der Waals surface area contributed by atoms with Crippen LogP contribution in [0.4, 0.5) is 14.9 Å². The second-order valence-corrected chi connectivity index (χ2v) is 8.37. The maximum atomic E-state index is 13.7. The Bertz CT molecular complexity index is 633. The van der Waals surface area contributed by atoms with Gasteiger partial charge in [-0.1, -0.05) is 0 Å². The van der Waals surface area contributed by atoms with Gasteiger partial charge in [-0.25, -0.2) is 17.6 Å². The highest BCUT2D eigenvalue weighted by molar-refractivity contribution is 7.92. The normalized spacial score (nSPS) is 12.3. The number of carbonyl (C=O) groups excluding carboxylic acids is 1. The first-order chi connectivity index (χ1) is 9.43. The molecule has 0 aliphatic carbocycles. The number of nitrogens with one attached hydrogen (secondary N) is 1. The van der Waals surface area contributed by atoms with Gasteiger partial charge in [0.05, 0.1) is 15.8 Å². The fourth-order valence-corrected chi connectivity index (χ4v) is 2.55. The Morgan fingerprint density at radius 3 is 2.33 bits per heavy atom. The Morgan fingerprint density at radius 2 is 1.86 bits per heavy atom. The minimum Gasteiger partial charge on any atom is -0.444 e. The lowest BCUT2D eigenvalue weighted by Crippen LogP contribution is -2.27. The molecular weight excluding hydrogens is 297 g/mol. The quantitative estimate of drug-likeness (QED) is 0.868. The zero-order chi connectivity index (χ0) is 16.4. The molecule has 0 heterocycles. The lowest BCUT2D eigenvalue weighted by molar-refractivity contribution is 0.0635. The number of hydrogen-bond donors (Lipinski definition) is 1. The van der Waals surface area contributed by atoms with Crippen LogP contribution in [0.1, 0.15) is 34.6 Å². The zero-order valence-electron chi connectivity index (χ0n) is 12.7. The third-order valence-electron chi connectivity index (χ3n) is 2.52. The lowest BCUT2D eigenvalue weighted by Gasteiger charge is -2.20. The molecule has 0 aromatic heterocycles. The first-order valence-corrected chi connectivity index (χ1v) is 8.01. The van der Waals surface area contributed by atoms with E-state index >= 15 is 0 Å². The summed E-state index contributed by atoms with van der Waals surface area (Å²) < 4.78 is 42.8. The van der Waals surface area contributed by atoms with Crippen molar-refractivity contribution in [1.29, 1.82) is 0 Å². The van der Waals surface area contributed by atoms with E-state index in [9.17, 15) is 17.6 Å². The maximum absolute atomic E-state index is 13.7. The minimum atomic E-state index is -3.55. The number of carbonyl (C=O) groups is 1. The van der Waals surface area contributed by atoms with Crippen LogP contribution in [0, 0.1) is 5.82 Å². The van der Waals surface area contributed by atoms with E-state index in [1.54, 1.807) is 20.8 Å². The maximum Gasteiger partial charge on any atom is 0.412 e. The van der Waals surface area contributed by atoms with Crippen LogP contribution in [0.15, 0.2) is 23.1 Å². The predicted octanol–water partition coefficient (Wildman–Crippen LogP) is 3.35. The van der Waals surface area contributed by atoms with Crippen LogP contribution in [-0.4, -0.2) is 25.4 Å². The fourth-order valence-electron chi connectivity index (χ4n) is 1.46. The SMILES string of the molecule is CC(C)S(=O)(=O)c1ccc(F)c(NC(=O)OC(C)(C)C)c1. The molecule has 0 aliphatic rings. The summed E-state index contributed by atoms with van der Waals surface area (Å²) in [7, 11) is -3.55. The third kappa shape index (κ3) is 4.70. The Balaban J connectivity index is 3.07. The van der Waals surface area contributed by atoms with E-state index in [1.165, 1.54) is 19.9 Å². The molecular formula is C14H20FNO4S. The largest absolute Gasteiger partial charge is 0.444 e. The Morgan fingerprint density at radius 1 is 1.29 bits per heavy atom. The summed E-state index contributed by atoms with van der Waals surface area (Å²) >= 11 is 0. The molecule has 0 spiro atoms. The van der Waals surface area contributed by atoms with E-state index in [1.807, 2.05) is 0 Å². The fraction of sp³-hybridized carbons (Fsp3) is 0.500. The van der Waals surface area contributed by atoms with E-state index < -0.39 is 32.6 Å². The molecule has 1 rings (SSSR count). The molecule has 0 fully saturated rings. The topological polar surface area (TPSA) is 72.5 Å². The average molecular weight is 317 g/mol. The van der Waals surface area contributed by atoms with Crippen molar-refractivity contribution in [3.63, 3.8) is 0 Å². The standard InChI is InChI=1S/C14H20FNO4S/c1-9(2)21(18,19)10-6-7-11(15)12(8-10)16-13(17)20-14(3,4)5/h6-9H,1-5H3,(H,16,17). The number of benzene rings is 1. The zero-order valence-corrected chi connectivity index (χ0v) is 13.5. The molecule has 0 bridgehead atoms. The second kappa shape index (κ2) is 6.01. The highest BCUT2D eigenvalue weighted by Gasteiger charge is 2.22. The smallest absolute Gasteiger partial charge is 0.412 e. The molecule has 0 saturated heterocycles. The molecule has 1 amide bonds. The van der Waals surface area contributed by atoms with Gasteiger partial charge in [-0.2, -0.15) is 0 Å². The first-order valence-electron chi connectivity index (χ1n) is 6.47. The van der Waals surface area contributed by atoms with Crippen molar-refractivity contribution in [2.45, 2.75) is 50.4 Å². The van der Waals surface area contributed by atoms with Gasteiger partial charge in [0.2, 0.25) is 0 Å². The summed E-state index contributed by atoms with van der Waals surface area (Å²) in [6.07, 6.45) is -0.847. The number of anilines is 1. The van der Waals surface area contributed by atoms with Crippen LogP contribution in [0.5, 0.6) is 0 Å². The molecule has 7 heteroatoms. The second-order valence-electron chi connectivity index (χ2n) is 5.86. The van der Waals surface area contributed by atoms with Crippen molar-refractivity contribution < 1.29 is 22.3 Å². The van der Waals surface area contributed by atoms with Crippen LogP contribution in [-0.2, 0) is 14.6 Å².